The molecule has 0 radical (unpaired) electrons. The standard InChI is InChI=1S/C5H11N3O3/c1-4(10)11-8(2-3-9)5(6)7/h9H,2-3H2,1H3,(H3,6,7). The second kappa shape index (κ2) is 4.51. The minimum Gasteiger partial charge on any atom is -0.394 e. The summed E-state index contributed by atoms with van der Waals surface area (Å²) in [6.45, 7) is 0.967. The molecule has 0 heterocycles. The van der Waals surface area contributed by atoms with Crippen LogP contribution >= 0.6 is 0 Å². The summed E-state index contributed by atoms with van der Waals surface area (Å²) < 4.78 is 0. The van der Waals surface area contributed by atoms with Crippen LogP contribution in [0.1, 0.15) is 6.92 Å². The van der Waals surface area contributed by atoms with E-state index in [1.807, 2.05) is 0 Å². The van der Waals surface area contributed by atoms with Gasteiger partial charge in [-0.3, -0.25) is 10.2 Å². The fraction of sp³-hybridized carbons (Fsp3) is 0.600. The molecule has 0 saturated carbocycles. The van der Waals surface area contributed by atoms with Crippen molar-refractivity contribution in [1.29, 1.82) is 5.41 Å². The average molecular weight is 161 g/mol. The van der Waals surface area contributed by atoms with Gasteiger partial charge in [-0.05, 0) is 0 Å². The zero-order valence-electron chi connectivity index (χ0n) is 6.20. The van der Waals surface area contributed by atoms with Gasteiger partial charge in [0.25, 0.3) is 0 Å². The van der Waals surface area contributed by atoms with Crippen LogP contribution < -0.4 is 5.73 Å². The Balaban J connectivity index is 3.89. The van der Waals surface area contributed by atoms with Crippen LogP contribution in [0.25, 0.3) is 0 Å². The normalized spacial score (nSPS) is 8.91. The fourth-order valence-corrected chi connectivity index (χ4v) is 0.461. The van der Waals surface area contributed by atoms with E-state index in [0.29, 0.717) is 0 Å². The van der Waals surface area contributed by atoms with E-state index in [2.05, 4.69) is 4.84 Å². The highest BCUT2D eigenvalue weighted by Crippen LogP contribution is 1.88. The van der Waals surface area contributed by atoms with E-state index in [4.69, 9.17) is 16.2 Å². The maximum Gasteiger partial charge on any atom is 0.329 e. The lowest BCUT2D eigenvalue weighted by atomic mass is 10.7. The number of aliphatic hydroxyl groups excluding tert-OH is 1. The van der Waals surface area contributed by atoms with Crippen molar-refractivity contribution in [3.05, 3.63) is 0 Å². The molecule has 0 aromatic rings. The maximum absolute atomic E-state index is 10.3. The number of hydrogen-bond donors (Lipinski definition) is 3. The Morgan fingerprint density at radius 2 is 2.36 bits per heavy atom. The van der Waals surface area contributed by atoms with Crippen LogP contribution in [0.15, 0.2) is 0 Å². The first-order valence-corrected chi connectivity index (χ1v) is 2.99. The average Bonchev–Trinajstić information content (AvgIpc) is 1.86. The molecule has 0 aliphatic rings. The Bertz CT molecular complexity index is 159. The number of nitrogens with zero attached hydrogens (tertiary/aromatic N) is 1. The summed E-state index contributed by atoms with van der Waals surface area (Å²) in [6, 6.07) is 0. The molecule has 6 nitrogen and oxygen atoms in total. The molecule has 0 fully saturated rings. The van der Waals surface area contributed by atoms with Gasteiger partial charge in [0.1, 0.15) is 0 Å². The predicted octanol–water partition coefficient (Wildman–Crippen LogP) is -1.35. The summed E-state index contributed by atoms with van der Waals surface area (Å²) in [5.41, 5.74) is 4.99. The first-order chi connectivity index (χ1) is 5.07. The molecule has 0 rings (SSSR count). The van der Waals surface area contributed by atoms with Crippen molar-refractivity contribution in [2.75, 3.05) is 13.2 Å². The van der Waals surface area contributed by atoms with Gasteiger partial charge in [0, 0.05) is 6.92 Å². The Morgan fingerprint density at radius 3 is 2.64 bits per heavy atom. The van der Waals surface area contributed by atoms with Gasteiger partial charge in [0.05, 0.1) is 13.2 Å². The van der Waals surface area contributed by atoms with E-state index in [9.17, 15) is 4.79 Å². The van der Waals surface area contributed by atoms with Crippen molar-refractivity contribution in [3.63, 3.8) is 0 Å². The molecule has 0 saturated heterocycles. The maximum atomic E-state index is 10.3. The van der Waals surface area contributed by atoms with Gasteiger partial charge in [0.15, 0.2) is 0 Å². The highest BCUT2D eigenvalue weighted by molar-refractivity contribution is 5.76. The summed E-state index contributed by atoms with van der Waals surface area (Å²) in [6.07, 6.45) is 0. The third-order valence-electron chi connectivity index (χ3n) is 0.811. The monoisotopic (exact) mass is 161 g/mol. The third kappa shape index (κ3) is 4.15. The van der Waals surface area contributed by atoms with Crippen LogP contribution in [0.2, 0.25) is 0 Å². The zero-order chi connectivity index (χ0) is 8.85. The SMILES string of the molecule is CC(=O)ON(CCO)C(=N)N. The van der Waals surface area contributed by atoms with Gasteiger partial charge < -0.3 is 15.7 Å². The van der Waals surface area contributed by atoms with Crippen LogP contribution in [0.4, 0.5) is 0 Å². The molecule has 0 unspecified atom stereocenters. The molecule has 0 spiro atoms. The number of carbonyl (C=O) groups is 1. The van der Waals surface area contributed by atoms with Crippen molar-refractivity contribution in [1.82, 2.24) is 5.06 Å². The van der Waals surface area contributed by atoms with E-state index < -0.39 is 11.9 Å². The van der Waals surface area contributed by atoms with Gasteiger partial charge in [-0.15, -0.1) is 0 Å². The van der Waals surface area contributed by atoms with Crippen molar-refractivity contribution in [2.24, 2.45) is 5.73 Å². The number of carbonyl (C=O) groups excluding carboxylic acids is 1. The van der Waals surface area contributed by atoms with Gasteiger partial charge in [-0.2, -0.15) is 5.06 Å². The molecule has 0 aliphatic carbocycles. The minimum absolute atomic E-state index is 0.00884. The highest BCUT2D eigenvalue weighted by Gasteiger charge is 2.08. The molecule has 64 valence electrons. The fourth-order valence-electron chi connectivity index (χ4n) is 0.461. The first-order valence-electron chi connectivity index (χ1n) is 2.99. The second-order valence-corrected chi connectivity index (χ2v) is 1.79. The molecule has 0 bridgehead atoms. The first kappa shape index (κ1) is 9.70. The Morgan fingerprint density at radius 1 is 1.82 bits per heavy atom. The number of guanidine groups is 1. The van der Waals surface area contributed by atoms with Crippen molar-refractivity contribution >= 4 is 11.9 Å². The summed E-state index contributed by atoms with van der Waals surface area (Å²) in [4.78, 5) is 14.8. The molecule has 0 amide bonds. The van der Waals surface area contributed by atoms with Crippen LogP contribution in [-0.2, 0) is 9.63 Å². The third-order valence-corrected chi connectivity index (χ3v) is 0.811. The van der Waals surface area contributed by atoms with Crippen LogP contribution in [0.3, 0.4) is 0 Å². The zero-order valence-corrected chi connectivity index (χ0v) is 6.20. The van der Waals surface area contributed by atoms with Crippen LogP contribution in [-0.4, -0.2) is 35.3 Å². The van der Waals surface area contributed by atoms with E-state index in [1.165, 1.54) is 6.92 Å². The molecule has 6 heteroatoms. The lowest BCUT2D eigenvalue weighted by Crippen LogP contribution is -2.39. The van der Waals surface area contributed by atoms with Crippen molar-refractivity contribution in [3.8, 4) is 0 Å². The second-order valence-electron chi connectivity index (χ2n) is 1.79. The molecular formula is C5H11N3O3. The quantitative estimate of drug-likeness (QED) is 0.264. The topological polar surface area (TPSA) is 99.6 Å². The summed E-state index contributed by atoms with van der Waals surface area (Å²) in [5.74, 6) is -0.983. The molecular weight excluding hydrogens is 150 g/mol. The number of rotatable bonds is 2. The predicted molar refractivity (Wildman–Crippen MR) is 37.5 cm³/mol. The number of hydrogen-bond acceptors (Lipinski definition) is 4. The summed E-state index contributed by atoms with van der Waals surface area (Å²) in [7, 11) is 0. The van der Waals surface area contributed by atoms with E-state index in [-0.39, 0.29) is 13.2 Å². The minimum atomic E-state index is -0.575. The Kier molecular flexibility index (Phi) is 3.97. The lowest BCUT2D eigenvalue weighted by molar-refractivity contribution is -0.171. The molecule has 0 aliphatic heterocycles. The van der Waals surface area contributed by atoms with Gasteiger partial charge >= 0.3 is 5.97 Å². The summed E-state index contributed by atoms with van der Waals surface area (Å²) in [5, 5.41) is 16.1. The number of aliphatic hydroxyl groups is 1. The van der Waals surface area contributed by atoms with Crippen LogP contribution in [0.5, 0.6) is 0 Å². The summed E-state index contributed by atoms with van der Waals surface area (Å²) >= 11 is 0. The number of hydroxylamine groups is 2. The molecule has 0 aromatic heterocycles. The molecule has 0 atom stereocenters. The molecule has 4 N–H and O–H groups in total. The van der Waals surface area contributed by atoms with Gasteiger partial charge in [0.2, 0.25) is 5.96 Å². The van der Waals surface area contributed by atoms with Crippen LogP contribution in [0, 0.1) is 5.41 Å². The highest BCUT2D eigenvalue weighted by atomic mass is 16.7. The van der Waals surface area contributed by atoms with Gasteiger partial charge in [-0.25, -0.2) is 0 Å². The lowest BCUT2D eigenvalue weighted by Gasteiger charge is -2.18. The Labute approximate surface area is 64.0 Å². The van der Waals surface area contributed by atoms with E-state index in [0.717, 1.165) is 5.06 Å². The van der Waals surface area contributed by atoms with E-state index >= 15 is 0 Å². The Hall–Kier alpha value is -1.30. The largest absolute Gasteiger partial charge is 0.394 e. The van der Waals surface area contributed by atoms with Crippen molar-refractivity contribution < 1.29 is 14.7 Å². The van der Waals surface area contributed by atoms with Crippen molar-refractivity contribution in [2.45, 2.75) is 6.92 Å². The molecule has 11 heavy (non-hydrogen) atoms. The number of nitrogens with one attached hydrogen (secondary N) is 1. The molecule has 0 aromatic carbocycles. The smallest absolute Gasteiger partial charge is 0.329 e. The van der Waals surface area contributed by atoms with E-state index in [1.54, 1.807) is 0 Å². The number of nitrogens with two attached hydrogens (primary N) is 1. The van der Waals surface area contributed by atoms with Gasteiger partial charge in [-0.1, -0.05) is 0 Å².